The average Bonchev–Trinajstić information content (AvgIpc) is 2.38. The quantitative estimate of drug-likeness (QED) is 0.800. The molecular weight excluding hydrogens is 292 g/mol. The molecule has 0 aliphatic carbocycles. The Hall–Kier alpha value is -1.99. The average molecular weight is 301 g/mol. The Morgan fingerprint density at radius 1 is 1.39 bits per heavy atom. The van der Waals surface area contributed by atoms with Crippen molar-refractivity contribution < 1.29 is 4.79 Å². The number of aryl methyl sites for hydroxylation is 1. The number of hydrogen-bond donors (Lipinski definition) is 0. The summed E-state index contributed by atoms with van der Waals surface area (Å²) in [6.07, 6.45) is 1.58. The van der Waals surface area contributed by atoms with Gasteiger partial charge in [-0.1, -0.05) is 28.1 Å². The Bertz CT molecular complexity index is 659. The normalized spacial score (nSPS) is 9.83. The first-order chi connectivity index (χ1) is 8.61. The highest BCUT2D eigenvalue weighted by atomic mass is 79.9. The van der Waals surface area contributed by atoms with Crippen LogP contribution in [0, 0.1) is 18.3 Å². The van der Waals surface area contributed by atoms with Crippen LogP contribution in [0.1, 0.15) is 27.2 Å². The van der Waals surface area contributed by atoms with Crippen LogP contribution in [0.2, 0.25) is 0 Å². The summed E-state index contributed by atoms with van der Waals surface area (Å²) in [4.78, 5) is 16.3. The Kier molecular flexibility index (Phi) is 3.54. The minimum Gasteiger partial charge on any atom is -0.289 e. The van der Waals surface area contributed by atoms with Gasteiger partial charge in [-0.3, -0.25) is 4.79 Å². The molecule has 0 aliphatic rings. The summed E-state index contributed by atoms with van der Waals surface area (Å²) in [7, 11) is 0. The number of halogens is 1. The number of rotatable bonds is 2. The fourth-order valence-electron chi connectivity index (χ4n) is 1.62. The van der Waals surface area contributed by atoms with Crippen LogP contribution in [0.4, 0.5) is 0 Å². The van der Waals surface area contributed by atoms with Crippen molar-refractivity contribution in [2.75, 3.05) is 0 Å². The molecule has 0 amide bonds. The lowest BCUT2D eigenvalue weighted by Gasteiger charge is -2.04. The molecule has 2 aromatic rings. The van der Waals surface area contributed by atoms with E-state index in [1.807, 2.05) is 19.1 Å². The van der Waals surface area contributed by atoms with E-state index in [1.54, 1.807) is 30.5 Å². The number of aromatic nitrogens is 1. The summed E-state index contributed by atoms with van der Waals surface area (Å²) in [5.74, 6) is -0.191. The molecule has 1 aromatic carbocycles. The molecule has 4 heteroatoms. The second-order valence-electron chi connectivity index (χ2n) is 3.86. The van der Waals surface area contributed by atoms with Crippen LogP contribution in [0.3, 0.4) is 0 Å². The predicted octanol–water partition coefficient (Wildman–Crippen LogP) is 3.26. The second-order valence-corrected chi connectivity index (χ2v) is 4.78. The number of carbonyl (C=O) groups excluding carboxylic acids is 1. The zero-order chi connectivity index (χ0) is 13.1. The standard InChI is InChI=1S/C14H9BrN2O/c1-9-5-12(13(7-16)17-8-9)14(18)10-3-2-4-11(15)6-10/h2-6,8H,1H3. The van der Waals surface area contributed by atoms with E-state index in [0.29, 0.717) is 11.1 Å². The molecule has 0 saturated carbocycles. The van der Waals surface area contributed by atoms with Crippen LogP contribution in [0.25, 0.3) is 0 Å². The highest BCUT2D eigenvalue weighted by Crippen LogP contribution is 2.17. The molecule has 1 aromatic heterocycles. The van der Waals surface area contributed by atoms with E-state index < -0.39 is 0 Å². The molecule has 0 fully saturated rings. The lowest BCUT2D eigenvalue weighted by Crippen LogP contribution is -2.06. The Morgan fingerprint density at radius 2 is 2.17 bits per heavy atom. The Balaban J connectivity index is 2.53. The third-order valence-electron chi connectivity index (χ3n) is 2.46. The molecule has 2 rings (SSSR count). The zero-order valence-electron chi connectivity index (χ0n) is 9.64. The largest absolute Gasteiger partial charge is 0.289 e. The van der Waals surface area contributed by atoms with Gasteiger partial charge in [0.1, 0.15) is 6.07 Å². The van der Waals surface area contributed by atoms with Gasteiger partial charge in [0.05, 0.1) is 5.56 Å². The molecule has 0 radical (unpaired) electrons. The monoisotopic (exact) mass is 300 g/mol. The van der Waals surface area contributed by atoms with Gasteiger partial charge in [0.15, 0.2) is 11.5 Å². The minimum absolute atomic E-state index is 0.158. The molecule has 0 bridgehead atoms. The molecule has 1 heterocycles. The van der Waals surface area contributed by atoms with Crippen molar-refractivity contribution in [3.8, 4) is 6.07 Å². The number of benzene rings is 1. The van der Waals surface area contributed by atoms with Crippen molar-refractivity contribution >= 4 is 21.7 Å². The van der Waals surface area contributed by atoms with Gasteiger partial charge in [-0.25, -0.2) is 4.98 Å². The van der Waals surface area contributed by atoms with Gasteiger partial charge in [0, 0.05) is 16.2 Å². The van der Waals surface area contributed by atoms with Crippen LogP contribution < -0.4 is 0 Å². The minimum atomic E-state index is -0.191. The third-order valence-corrected chi connectivity index (χ3v) is 2.95. The van der Waals surface area contributed by atoms with Crippen LogP contribution >= 0.6 is 15.9 Å². The lowest BCUT2D eigenvalue weighted by atomic mass is 10.0. The summed E-state index contributed by atoms with van der Waals surface area (Å²) in [5, 5.41) is 8.99. The Labute approximate surface area is 113 Å². The van der Waals surface area contributed by atoms with Gasteiger partial charge in [-0.15, -0.1) is 0 Å². The SMILES string of the molecule is Cc1cnc(C#N)c(C(=O)c2cccc(Br)c2)c1. The van der Waals surface area contributed by atoms with Crippen molar-refractivity contribution in [3.05, 3.63) is 63.4 Å². The predicted molar refractivity (Wildman–Crippen MR) is 71.3 cm³/mol. The molecule has 88 valence electrons. The smallest absolute Gasteiger partial charge is 0.195 e. The van der Waals surface area contributed by atoms with E-state index in [1.165, 1.54) is 0 Å². The molecule has 0 unspecified atom stereocenters. The number of hydrogen-bond acceptors (Lipinski definition) is 3. The first-order valence-electron chi connectivity index (χ1n) is 5.29. The van der Waals surface area contributed by atoms with E-state index >= 15 is 0 Å². The van der Waals surface area contributed by atoms with Gasteiger partial charge < -0.3 is 0 Å². The number of carbonyl (C=O) groups is 1. The summed E-state index contributed by atoms with van der Waals surface area (Å²) in [5.41, 5.74) is 1.89. The summed E-state index contributed by atoms with van der Waals surface area (Å²) in [6.45, 7) is 1.84. The van der Waals surface area contributed by atoms with Gasteiger partial charge in [-0.05, 0) is 30.7 Å². The fraction of sp³-hybridized carbons (Fsp3) is 0.0714. The molecule has 0 N–H and O–H groups in total. The maximum atomic E-state index is 12.3. The molecule has 0 atom stereocenters. The Morgan fingerprint density at radius 3 is 2.83 bits per heavy atom. The summed E-state index contributed by atoms with van der Waals surface area (Å²) >= 11 is 3.32. The fourth-order valence-corrected chi connectivity index (χ4v) is 2.02. The van der Waals surface area contributed by atoms with E-state index in [0.717, 1.165) is 10.0 Å². The van der Waals surface area contributed by atoms with Crippen molar-refractivity contribution in [2.24, 2.45) is 0 Å². The van der Waals surface area contributed by atoms with E-state index in [-0.39, 0.29) is 11.5 Å². The highest BCUT2D eigenvalue weighted by Gasteiger charge is 2.15. The van der Waals surface area contributed by atoms with Crippen molar-refractivity contribution in [2.45, 2.75) is 6.92 Å². The van der Waals surface area contributed by atoms with Crippen LogP contribution in [-0.4, -0.2) is 10.8 Å². The molecule has 0 aliphatic heterocycles. The van der Waals surface area contributed by atoms with Crippen molar-refractivity contribution in [1.29, 1.82) is 5.26 Å². The lowest BCUT2D eigenvalue weighted by molar-refractivity contribution is 0.103. The number of nitriles is 1. The van der Waals surface area contributed by atoms with E-state index in [9.17, 15) is 4.79 Å². The summed E-state index contributed by atoms with van der Waals surface area (Å²) in [6, 6.07) is 10.7. The van der Waals surface area contributed by atoms with Gasteiger partial charge >= 0.3 is 0 Å². The van der Waals surface area contributed by atoms with Crippen LogP contribution in [-0.2, 0) is 0 Å². The third kappa shape index (κ3) is 2.47. The topological polar surface area (TPSA) is 53.8 Å². The number of pyridine rings is 1. The van der Waals surface area contributed by atoms with Gasteiger partial charge in [0.2, 0.25) is 0 Å². The van der Waals surface area contributed by atoms with E-state index in [2.05, 4.69) is 20.9 Å². The van der Waals surface area contributed by atoms with E-state index in [4.69, 9.17) is 5.26 Å². The zero-order valence-corrected chi connectivity index (χ0v) is 11.2. The molecular formula is C14H9BrN2O. The summed E-state index contributed by atoms with van der Waals surface area (Å²) < 4.78 is 0.826. The van der Waals surface area contributed by atoms with Crippen molar-refractivity contribution in [3.63, 3.8) is 0 Å². The van der Waals surface area contributed by atoms with Gasteiger partial charge in [0.25, 0.3) is 0 Å². The molecule has 0 spiro atoms. The number of nitrogens with zero attached hydrogens (tertiary/aromatic N) is 2. The maximum Gasteiger partial charge on any atom is 0.195 e. The number of ketones is 1. The van der Waals surface area contributed by atoms with Crippen LogP contribution in [0.5, 0.6) is 0 Å². The highest BCUT2D eigenvalue weighted by molar-refractivity contribution is 9.10. The first kappa shape index (κ1) is 12.5. The first-order valence-corrected chi connectivity index (χ1v) is 6.08. The van der Waals surface area contributed by atoms with Gasteiger partial charge in [-0.2, -0.15) is 5.26 Å². The maximum absolute atomic E-state index is 12.3. The molecule has 18 heavy (non-hydrogen) atoms. The molecule has 3 nitrogen and oxygen atoms in total. The van der Waals surface area contributed by atoms with Crippen molar-refractivity contribution in [1.82, 2.24) is 4.98 Å². The second kappa shape index (κ2) is 5.11. The molecule has 0 saturated heterocycles. The van der Waals surface area contributed by atoms with Crippen LogP contribution in [0.15, 0.2) is 41.0 Å².